The van der Waals surface area contributed by atoms with E-state index in [0.717, 1.165) is 4.90 Å². The second kappa shape index (κ2) is 9.04. The fraction of sp³-hybridized carbons (Fsp3) is 0.391. The molecule has 2 aromatic rings. The monoisotopic (exact) mass is 482 g/mol. The van der Waals surface area contributed by atoms with E-state index in [2.05, 4.69) is 0 Å². The number of benzene rings is 1. The van der Waals surface area contributed by atoms with Gasteiger partial charge >= 0.3 is 7.12 Å². The smallest absolute Gasteiger partial charge is 0.461 e. The van der Waals surface area contributed by atoms with Crippen molar-refractivity contribution in [2.24, 2.45) is 17.8 Å². The van der Waals surface area contributed by atoms with Gasteiger partial charge in [-0.15, -0.1) is 0 Å². The number of carbonyl (C=O) groups is 2. The zero-order valence-electron chi connectivity index (χ0n) is 18.8. The lowest BCUT2D eigenvalue weighted by Gasteiger charge is -2.41. The van der Waals surface area contributed by atoms with Crippen molar-refractivity contribution >= 4 is 30.3 Å². The molecule has 2 N–H and O–H groups in total. The summed E-state index contributed by atoms with van der Waals surface area (Å²) in [4.78, 5) is 38.8. The first-order chi connectivity index (χ1) is 16.8. The third kappa shape index (κ3) is 3.88. The van der Waals surface area contributed by atoms with Crippen molar-refractivity contribution in [3.05, 3.63) is 69.1 Å². The van der Waals surface area contributed by atoms with E-state index in [4.69, 9.17) is 13.8 Å². The van der Waals surface area contributed by atoms with Gasteiger partial charge in [-0.05, 0) is 48.0 Å². The Balaban J connectivity index is 1.53. The summed E-state index contributed by atoms with van der Waals surface area (Å²) in [6.07, 6.45) is -0.224. The molecule has 0 radical (unpaired) electrons. The number of hydrogen-bond acceptors (Lipinski definition) is 9. The summed E-state index contributed by atoms with van der Waals surface area (Å²) in [7, 11) is 0.173. The fourth-order valence-electron chi connectivity index (χ4n) is 5.55. The molecular weight excluding hydrogens is 459 g/mol. The van der Waals surface area contributed by atoms with E-state index in [-0.39, 0.29) is 37.4 Å². The van der Waals surface area contributed by atoms with Crippen LogP contribution >= 0.6 is 0 Å². The molecule has 2 amide bonds. The first-order valence-corrected chi connectivity index (χ1v) is 11.2. The highest BCUT2D eigenvalue weighted by Crippen LogP contribution is 2.52. The summed E-state index contributed by atoms with van der Waals surface area (Å²) < 4.78 is 16.7. The molecular formula is C23H23BN2O9. The van der Waals surface area contributed by atoms with Crippen LogP contribution in [-0.2, 0) is 25.6 Å². The number of nitro groups is 1. The second-order valence-electron chi connectivity index (χ2n) is 8.90. The van der Waals surface area contributed by atoms with Crippen LogP contribution < -0.4 is 4.90 Å². The lowest BCUT2D eigenvalue weighted by atomic mass is 9.55. The van der Waals surface area contributed by atoms with E-state index in [1.54, 1.807) is 12.1 Å². The molecule has 0 unspecified atom stereocenters. The Morgan fingerprint density at radius 2 is 2.03 bits per heavy atom. The third-order valence-electron chi connectivity index (χ3n) is 6.98. The summed E-state index contributed by atoms with van der Waals surface area (Å²) in [5.41, 5.74) is 1.14. The number of nitro benzene ring substituents is 1. The van der Waals surface area contributed by atoms with Gasteiger partial charge in [0.05, 0.1) is 29.1 Å². The maximum atomic E-state index is 13.7. The van der Waals surface area contributed by atoms with E-state index < -0.39 is 47.7 Å². The number of imide groups is 1. The van der Waals surface area contributed by atoms with Gasteiger partial charge in [-0.2, -0.15) is 0 Å². The van der Waals surface area contributed by atoms with Crippen LogP contribution in [0.3, 0.4) is 0 Å². The van der Waals surface area contributed by atoms with Crippen LogP contribution in [-0.4, -0.2) is 47.7 Å². The number of methoxy groups -OCH3 is 1. The summed E-state index contributed by atoms with van der Waals surface area (Å²) in [6.45, 7) is -0.133. The maximum absolute atomic E-state index is 13.7. The Bertz CT molecular complexity index is 1230. The number of amides is 2. The molecule has 2 aliphatic heterocycles. The summed E-state index contributed by atoms with van der Waals surface area (Å²) >= 11 is 0. The Kier molecular flexibility index (Phi) is 6.05. The van der Waals surface area contributed by atoms with Crippen LogP contribution in [0.25, 0.3) is 0 Å². The Labute approximate surface area is 200 Å². The summed E-state index contributed by atoms with van der Waals surface area (Å²) in [5.74, 6) is -2.17. The molecule has 2 saturated heterocycles. The number of aliphatic hydroxyl groups excluding tert-OH is 1. The maximum Gasteiger partial charge on any atom is 0.487 e. The molecule has 0 spiro atoms. The minimum atomic E-state index is -1.33. The lowest BCUT2D eigenvalue weighted by Crippen LogP contribution is -2.45. The van der Waals surface area contributed by atoms with Gasteiger partial charge in [-0.3, -0.25) is 19.7 Å². The van der Waals surface area contributed by atoms with E-state index in [0.29, 0.717) is 22.6 Å². The Morgan fingerprint density at radius 3 is 2.71 bits per heavy atom. The third-order valence-corrected chi connectivity index (χ3v) is 6.98. The molecule has 1 aromatic heterocycles. The van der Waals surface area contributed by atoms with E-state index in [1.807, 2.05) is 0 Å². The van der Waals surface area contributed by atoms with E-state index >= 15 is 0 Å². The first kappa shape index (κ1) is 23.4. The highest BCUT2D eigenvalue weighted by Gasteiger charge is 2.58. The standard InChI is InChI=1S/C23H23BN2O9/c1-33-11-12-7-17-20(23(29)25(22(17)28)13-3-2-4-14(8-13)26(31)32)16-9-19(35-24(30)21(12)16)18-6-5-15(10-27)34-18/h2-6,8,16-17,19-20,27,30H,7,9-11H2,1H3/t16-,17-,19-,20+/m0/s1. The average Bonchev–Trinajstić information content (AvgIpc) is 3.42. The molecule has 3 heterocycles. The number of rotatable bonds is 6. The second-order valence-corrected chi connectivity index (χ2v) is 8.90. The van der Waals surface area contributed by atoms with Crippen molar-refractivity contribution in [2.45, 2.75) is 25.6 Å². The van der Waals surface area contributed by atoms with Gasteiger partial charge in [0, 0.05) is 19.2 Å². The topological polar surface area (TPSA) is 153 Å². The van der Waals surface area contributed by atoms with Gasteiger partial charge in [0.1, 0.15) is 24.2 Å². The van der Waals surface area contributed by atoms with Crippen molar-refractivity contribution < 1.29 is 38.5 Å². The van der Waals surface area contributed by atoms with Gasteiger partial charge in [0.25, 0.3) is 5.69 Å². The lowest BCUT2D eigenvalue weighted by molar-refractivity contribution is -0.384. The molecule has 0 saturated carbocycles. The number of carbonyl (C=O) groups excluding carboxylic acids is 2. The highest BCUT2D eigenvalue weighted by atomic mass is 16.6. The molecule has 1 aromatic carbocycles. The quantitative estimate of drug-likeness (QED) is 0.272. The van der Waals surface area contributed by atoms with Crippen molar-refractivity contribution in [3.8, 4) is 0 Å². The van der Waals surface area contributed by atoms with Crippen LogP contribution in [0.4, 0.5) is 11.4 Å². The first-order valence-electron chi connectivity index (χ1n) is 11.2. The van der Waals surface area contributed by atoms with Gasteiger partial charge in [0.2, 0.25) is 11.8 Å². The molecule has 182 valence electrons. The van der Waals surface area contributed by atoms with E-state index in [1.165, 1.54) is 31.4 Å². The van der Waals surface area contributed by atoms with Crippen molar-refractivity contribution in [1.82, 2.24) is 0 Å². The van der Waals surface area contributed by atoms with Crippen LogP contribution in [0, 0.1) is 27.9 Å². The molecule has 35 heavy (non-hydrogen) atoms. The summed E-state index contributed by atoms with van der Waals surface area (Å²) in [5, 5.41) is 31.5. The molecule has 11 nitrogen and oxygen atoms in total. The molecule has 4 atom stereocenters. The number of aliphatic hydroxyl groups is 1. The predicted molar refractivity (Wildman–Crippen MR) is 121 cm³/mol. The van der Waals surface area contributed by atoms with Crippen LogP contribution in [0.15, 0.2) is 51.9 Å². The Hall–Kier alpha value is -3.32. The van der Waals surface area contributed by atoms with Crippen molar-refractivity contribution in [1.29, 1.82) is 0 Å². The average molecular weight is 482 g/mol. The number of allylic oxidation sites excluding steroid dienone is 1. The molecule has 3 aliphatic rings. The number of ether oxygens (including phenoxy) is 1. The number of fused-ring (bicyclic) bond motifs is 3. The normalized spacial score (nSPS) is 26.3. The molecule has 1 aliphatic carbocycles. The molecule has 2 fully saturated rings. The molecule has 5 rings (SSSR count). The largest absolute Gasteiger partial charge is 0.487 e. The fourth-order valence-corrected chi connectivity index (χ4v) is 5.55. The minimum absolute atomic E-state index is 0.140. The summed E-state index contributed by atoms with van der Waals surface area (Å²) in [6, 6.07) is 8.67. The number of nitrogens with zero attached hydrogens (tertiary/aromatic N) is 2. The zero-order chi connectivity index (χ0) is 24.9. The SMILES string of the molecule is COCC1=C2B(O)O[C@H](c3ccc(CO)o3)C[C@H]2[C@H]2C(=O)N(c3cccc([N+](=O)[O-])c3)C(=O)[C@H]2C1. The number of furan rings is 1. The van der Waals surface area contributed by atoms with Gasteiger partial charge < -0.3 is 23.9 Å². The van der Waals surface area contributed by atoms with Gasteiger partial charge in [-0.1, -0.05) is 6.07 Å². The van der Waals surface area contributed by atoms with Crippen molar-refractivity contribution in [2.75, 3.05) is 18.6 Å². The van der Waals surface area contributed by atoms with E-state index in [9.17, 15) is 29.8 Å². The zero-order valence-corrected chi connectivity index (χ0v) is 18.8. The van der Waals surface area contributed by atoms with Gasteiger partial charge in [0.15, 0.2) is 0 Å². The highest BCUT2D eigenvalue weighted by molar-refractivity contribution is 6.53. The number of anilines is 1. The predicted octanol–water partition coefficient (Wildman–Crippen LogP) is 1.93. The molecule has 12 heteroatoms. The van der Waals surface area contributed by atoms with Crippen LogP contribution in [0.5, 0.6) is 0 Å². The minimum Gasteiger partial charge on any atom is -0.461 e. The number of non-ortho nitro benzene ring substituents is 1. The van der Waals surface area contributed by atoms with Crippen molar-refractivity contribution in [3.63, 3.8) is 0 Å². The van der Waals surface area contributed by atoms with Gasteiger partial charge in [-0.25, -0.2) is 4.90 Å². The molecule has 0 bridgehead atoms. The van der Waals surface area contributed by atoms with Crippen LogP contribution in [0.1, 0.15) is 30.5 Å². The van der Waals surface area contributed by atoms with Crippen LogP contribution in [0.2, 0.25) is 0 Å². The number of hydrogen-bond donors (Lipinski definition) is 2. The Morgan fingerprint density at radius 1 is 1.23 bits per heavy atom.